The first-order valence-electron chi connectivity index (χ1n) is 7.57. The summed E-state index contributed by atoms with van der Waals surface area (Å²) in [5, 5.41) is 4.07. The van der Waals surface area contributed by atoms with E-state index in [-0.39, 0.29) is 19.6 Å². The summed E-state index contributed by atoms with van der Waals surface area (Å²) in [5.41, 5.74) is 0. The fourth-order valence-electron chi connectivity index (χ4n) is 1.72. The first-order chi connectivity index (χ1) is 11.6. The molecule has 0 aliphatic heterocycles. The SMILES string of the molecule is CCOC(=O)C[C@@H](NC(=O)/C=C/Sc1ccccc1)C(=O)OCC. The number of nitrogens with one attached hydrogen (secondary N) is 1. The van der Waals surface area contributed by atoms with E-state index in [0.29, 0.717) is 0 Å². The Balaban J connectivity index is 2.58. The maximum atomic E-state index is 11.9. The molecule has 0 unspecified atom stereocenters. The average molecular weight is 351 g/mol. The summed E-state index contributed by atoms with van der Waals surface area (Å²) in [6.07, 6.45) is 1.03. The van der Waals surface area contributed by atoms with E-state index in [0.717, 1.165) is 4.90 Å². The fourth-order valence-corrected chi connectivity index (χ4v) is 2.38. The van der Waals surface area contributed by atoms with Crippen LogP contribution >= 0.6 is 11.8 Å². The number of carbonyl (C=O) groups excluding carboxylic acids is 3. The van der Waals surface area contributed by atoms with E-state index in [1.165, 1.54) is 17.8 Å². The van der Waals surface area contributed by atoms with Crippen molar-refractivity contribution < 1.29 is 23.9 Å². The number of thioether (sulfide) groups is 1. The highest BCUT2D eigenvalue weighted by atomic mass is 32.2. The topological polar surface area (TPSA) is 81.7 Å². The molecule has 0 saturated heterocycles. The lowest BCUT2D eigenvalue weighted by molar-refractivity contribution is -0.153. The van der Waals surface area contributed by atoms with Crippen molar-refractivity contribution in [3.63, 3.8) is 0 Å². The second-order valence-electron chi connectivity index (χ2n) is 4.56. The van der Waals surface area contributed by atoms with Gasteiger partial charge in [-0.1, -0.05) is 30.0 Å². The number of hydrogen-bond acceptors (Lipinski definition) is 6. The Bertz CT molecular complexity index is 574. The number of esters is 2. The molecule has 1 N–H and O–H groups in total. The minimum atomic E-state index is -1.07. The zero-order valence-corrected chi connectivity index (χ0v) is 14.5. The molecular formula is C17H21NO5S. The monoisotopic (exact) mass is 351 g/mol. The third-order valence-corrected chi connectivity index (χ3v) is 3.55. The van der Waals surface area contributed by atoms with Crippen molar-refractivity contribution in [3.05, 3.63) is 41.8 Å². The third kappa shape index (κ3) is 7.82. The van der Waals surface area contributed by atoms with Gasteiger partial charge in [-0.05, 0) is 31.4 Å². The minimum absolute atomic E-state index is 0.160. The number of amides is 1. The summed E-state index contributed by atoms with van der Waals surface area (Å²) in [4.78, 5) is 36.3. The zero-order valence-electron chi connectivity index (χ0n) is 13.7. The lowest BCUT2D eigenvalue weighted by atomic mass is 10.2. The molecule has 1 aromatic carbocycles. The largest absolute Gasteiger partial charge is 0.466 e. The quantitative estimate of drug-likeness (QED) is 0.418. The van der Waals surface area contributed by atoms with Gasteiger partial charge in [0.05, 0.1) is 19.6 Å². The lowest BCUT2D eigenvalue weighted by Gasteiger charge is -2.15. The molecule has 6 nitrogen and oxygen atoms in total. The zero-order chi connectivity index (χ0) is 17.8. The summed E-state index contributed by atoms with van der Waals surface area (Å²) >= 11 is 1.37. The molecule has 0 bridgehead atoms. The molecule has 0 aliphatic carbocycles. The Morgan fingerprint density at radius 1 is 1.12 bits per heavy atom. The Labute approximate surface area is 145 Å². The summed E-state index contributed by atoms with van der Waals surface area (Å²) in [5.74, 6) is -1.72. The molecule has 1 aromatic rings. The highest BCUT2D eigenvalue weighted by Crippen LogP contribution is 2.17. The van der Waals surface area contributed by atoms with Crippen LogP contribution < -0.4 is 5.32 Å². The van der Waals surface area contributed by atoms with Crippen LogP contribution in [0.2, 0.25) is 0 Å². The standard InChI is InChI=1S/C17H21NO5S/c1-3-22-16(20)12-14(17(21)23-4-2)18-15(19)10-11-24-13-8-6-5-7-9-13/h5-11,14H,3-4,12H2,1-2H3,(H,18,19)/b11-10+/t14-/m1/s1. The van der Waals surface area contributed by atoms with Gasteiger partial charge in [0.25, 0.3) is 0 Å². The van der Waals surface area contributed by atoms with Crippen LogP contribution in [-0.4, -0.2) is 37.1 Å². The highest BCUT2D eigenvalue weighted by molar-refractivity contribution is 8.02. The fraction of sp³-hybridized carbons (Fsp3) is 0.353. The molecule has 1 rings (SSSR count). The molecule has 0 spiro atoms. The van der Waals surface area contributed by atoms with Gasteiger partial charge in [0, 0.05) is 11.0 Å². The predicted octanol–water partition coefficient (Wildman–Crippen LogP) is 2.29. The summed E-state index contributed by atoms with van der Waals surface area (Å²) in [6.45, 7) is 3.68. The van der Waals surface area contributed by atoms with Gasteiger partial charge < -0.3 is 14.8 Å². The summed E-state index contributed by atoms with van der Waals surface area (Å²) in [7, 11) is 0. The van der Waals surface area contributed by atoms with Crippen molar-refractivity contribution in [2.24, 2.45) is 0 Å². The van der Waals surface area contributed by atoms with E-state index in [2.05, 4.69) is 5.32 Å². The first-order valence-corrected chi connectivity index (χ1v) is 8.45. The molecule has 1 amide bonds. The molecule has 0 fully saturated rings. The average Bonchev–Trinajstić information content (AvgIpc) is 2.55. The highest BCUT2D eigenvalue weighted by Gasteiger charge is 2.25. The summed E-state index contributed by atoms with van der Waals surface area (Å²) < 4.78 is 9.67. The second kappa shape index (κ2) is 11.3. The van der Waals surface area contributed by atoms with Crippen molar-refractivity contribution >= 4 is 29.6 Å². The minimum Gasteiger partial charge on any atom is -0.466 e. The summed E-state index contributed by atoms with van der Waals surface area (Å²) in [6, 6.07) is 8.45. The van der Waals surface area contributed by atoms with E-state index in [4.69, 9.17) is 9.47 Å². The van der Waals surface area contributed by atoms with Gasteiger partial charge >= 0.3 is 11.9 Å². The van der Waals surface area contributed by atoms with Crippen molar-refractivity contribution in [2.45, 2.75) is 31.2 Å². The predicted molar refractivity (Wildman–Crippen MR) is 91.3 cm³/mol. The molecule has 0 aliphatic rings. The Morgan fingerprint density at radius 2 is 1.79 bits per heavy atom. The van der Waals surface area contributed by atoms with E-state index in [9.17, 15) is 14.4 Å². The van der Waals surface area contributed by atoms with Crippen LogP contribution in [0.15, 0.2) is 46.7 Å². The molecule has 7 heteroatoms. The van der Waals surface area contributed by atoms with Gasteiger partial charge in [-0.25, -0.2) is 4.79 Å². The van der Waals surface area contributed by atoms with Crippen LogP contribution in [0.3, 0.4) is 0 Å². The third-order valence-electron chi connectivity index (χ3n) is 2.73. The number of benzene rings is 1. The first kappa shape index (κ1) is 19.8. The lowest BCUT2D eigenvalue weighted by Crippen LogP contribution is -2.42. The molecule has 0 radical (unpaired) electrons. The number of ether oxygens (including phenoxy) is 2. The van der Waals surface area contributed by atoms with Crippen molar-refractivity contribution in [1.82, 2.24) is 5.32 Å². The number of rotatable bonds is 9. The molecule has 24 heavy (non-hydrogen) atoms. The van der Waals surface area contributed by atoms with Gasteiger partial charge in [-0.2, -0.15) is 0 Å². The molecule has 1 atom stereocenters. The van der Waals surface area contributed by atoms with Crippen LogP contribution in [0.1, 0.15) is 20.3 Å². The van der Waals surface area contributed by atoms with Crippen LogP contribution in [0.25, 0.3) is 0 Å². The van der Waals surface area contributed by atoms with Crippen LogP contribution in [0.4, 0.5) is 0 Å². The maximum absolute atomic E-state index is 11.9. The maximum Gasteiger partial charge on any atom is 0.329 e. The van der Waals surface area contributed by atoms with Gasteiger partial charge in [-0.3, -0.25) is 9.59 Å². The number of hydrogen-bond donors (Lipinski definition) is 1. The Kier molecular flexibility index (Phi) is 9.29. The Morgan fingerprint density at radius 3 is 2.42 bits per heavy atom. The van der Waals surface area contributed by atoms with Crippen LogP contribution in [-0.2, 0) is 23.9 Å². The molecule has 0 saturated carbocycles. The van der Waals surface area contributed by atoms with E-state index in [1.54, 1.807) is 19.3 Å². The van der Waals surface area contributed by atoms with Crippen LogP contribution in [0, 0.1) is 0 Å². The number of carbonyl (C=O) groups is 3. The van der Waals surface area contributed by atoms with Crippen molar-refractivity contribution in [3.8, 4) is 0 Å². The van der Waals surface area contributed by atoms with E-state index >= 15 is 0 Å². The molecule has 130 valence electrons. The smallest absolute Gasteiger partial charge is 0.329 e. The molecule has 0 heterocycles. The van der Waals surface area contributed by atoms with E-state index < -0.39 is 23.9 Å². The van der Waals surface area contributed by atoms with Crippen molar-refractivity contribution in [2.75, 3.05) is 13.2 Å². The molecule has 0 aromatic heterocycles. The van der Waals surface area contributed by atoms with Crippen LogP contribution in [0.5, 0.6) is 0 Å². The van der Waals surface area contributed by atoms with E-state index in [1.807, 2.05) is 30.3 Å². The second-order valence-corrected chi connectivity index (χ2v) is 5.54. The van der Waals surface area contributed by atoms with Crippen molar-refractivity contribution in [1.29, 1.82) is 0 Å². The normalized spacial score (nSPS) is 11.8. The van der Waals surface area contributed by atoms with Gasteiger partial charge in [0.15, 0.2) is 0 Å². The Hall–Kier alpha value is -2.28. The van der Waals surface area contributed by atoms with Gasteiger partial charge in [0.2, 0.25) is 5.91 Å². The molecular weight excluding hydrogens is 330 g/mol. The van der Waals surface area contributed by atoms with Gasteiger partial charge in [0.1, 0.15) is 6.04 Å². The van der Waals surface area contributed by atoms with Gasteiger partial charge in [-0.15, -0.1) is 0 Å².